The first-order chi connectivity index (χ1) is 6.64. The van der Waals surface area contributed by atoms with Gasteiger partial charge in [0.25, 0.3) is 0 Å². The Bertz CT molecular complexity index is 241. The molecule has 2 N–H and O–H groups in total. The van der Waals surface area contributed by atoms with Gasteiger partial charge in [0.1, 0.15) is 6.04 Å². The molecule has 1 amide bonds. The highest BCUT2D eigenvalue weighted by molar-refractivity contribution is 5.86. The van der Waals surface area contributed by atoms with Gasteiger partial charge in [-0.2, -0.15) is 0 Å². The second kappa shape index (κ2) is 5.14. The molecule has 0 aliphatic carbocycles. The molecule has 0 aromatic heterocycles. The third kappa shape index (κ3) is 5.40. The predicted molar refractivity (Wildman–Crippen MR) is 58.5 cm³/mol. The molecule has 0 aliphatic heterocycles. The highest BCUT2D eigenvalue weighted by Crippen LogP contribution is 2.14. The molecule has 0 aromatic carbocycles. The van der Waals surface area contributed by atoms with E-state index in [1.807, 2.05) is 13.8 Å². The average molecular weight is 215 g/mol. The lowest BCUT2D eigenvalue weighted by Gasteiger charge is -2.22. The van der Waals surface area contributed by atoms with Gasteiger partial charge < -0.3 is 10.4 Å². The van der Waals surface area contributed by atoms with Gasteiger partial charge in [-0.15, -0.1) is 0 Å². The van der Waals surface area contributed by atoms with Gasteiger partial charge in [-0.3, -0.25) is 4.79 Å². The van der Waals surface area contributed by atoms with Gasteiger partial charge in [-0.25, -0.2) is 4.79 Å². The Morgan fingerprint density at radius 3 is 2.00 bits per heavy atom. The van der Waals surface area contributed by atoms with Crippen molar-refractivity contribution in [2.24, 2.45) is 11.3 Å². The highest BCUT2D eigenvalue weighted by atomic mass is 16.4. The lowest BCUT2D eigenvalue weighted by molar-refractivity contribution is -0.143. The highest BCUT2D eigenvalue weighted by Gasteiger charge is 2.27. The number of rotatable bonds is 4. The Kier molecular flexibility index (Phi) is 4.78. The summed E-state index contributed by atoms with van der Waals surface area (Å²) in [6.07, 6.45) is 0.456. The van der Waals surface area contributed by atoms with E-state index in [1.54, 1.807) is 20.8 Å². The van der Waals surface area contributed by atoms with Crippen molar-refractivity contribution >= 4 is 11.9 Å². The summed E-state index contributed by atoms with van der Waals surface area (Å²) in [6.45, 7) is 9.14. The van der Waals surface area contributed by atoms with E-state index < -0.39 is 17.4 Å². The van der Waals surface area contributed by atoms with Crippen LogP contribution in [0.3, 0.4) is 0 Å². The van der Waals surface area contributed by atoms with Crippen LogP contribution in [0.1, 0.15) is 41.0 Å². The SMILES string of the molecule is CC(C)CC(NC(=O)C(C)(C)C)C(=O)O. The number of amides is 1. The summed E-state index contributed by atoms with van der Waals surface area (Å²) < 4.78 is 0. The maximum atomic E-state index is 11.6. The van der Waals surface area contributed by atoms with E-state index in [-0.39, 0.29) is 11.8 Å². The molecule has 0 radical (unpaired) electrons. The van der Waals surface area contributed by atoms with Crippen LogP contribution in [0.25, 0.3) is 0 Å². The molecule has 0 saturated carbocycles. The maximum absolute atomic E-state index is 11.6. The summed E-state index contributed by atoms with van der Waals surface area (Å²) in [5.74, 6) is -0.955. The van der Waals surface area contributed by atoms with Crippen LogP contribution in [-0.2, 0) is 9.59 Å². The Balaban J connectivity index is 4.43. The first kappa shape index (κ1) is 13.9. The Labute approximate surface area is 91.1 Å². The Morgan fingerprint density at radius 2 is 1.73 bits per heavy atom. The second-order valence-corrected chi connectivity index (χ2v) is 5.24. The average Bonchev–Trinajstić information content (AvgIpc) is 1.99. The van der Waals surface area contributed by atoms with Crippen molar-refractivity contribution in [3.63, 3.8) is 0 Å². The van der Waals surface area contributed by atoms with Gasteiger partial charge in [0.15, 0.2) is 0 Å². The molecule has 0 bridgehead atoms. The zero-order valence-electron chi connectivity index (χ0n) is 10.1. The fourth-order valence-electron chi connectivity index (χ4n) is 1.07. The minimum absolute atomic E-state index is 0.226. The van der Waals surface area contributed by atoms with Gasteiger partial charge in [-0.1, -0.05) is 34.6 Å². The number of aliphatic carboxylic acids is 1. The van der Waals surface area contributed by atoms with Crippen molar-refractivity contribution in [2.75, 3.05) is 0 Å². The summed E-state index contributed by atoms with van der Waals surface area (Å²) in [5, 5.41) is 11.5. The molecular formula is C11H21NO3. The van der Waals surface area contributed by atoms with E-state index in [4.69, 9.17) is 5.11 Å². The summed E-state index contributed by atoms with van der Waals surface area (Å²) in [7, 11) is 0. The number of carbonyl (C=O) groups excluding carboxylic acids is 1. The molecule has 0 saturated heterocycles. The van der Waals surface area contributed by atoms with Crippen molar-refractivity contribution in [1.29, 1.82) is 0 Å². The smallest absolute Gasteiger partial charge is 0.326 e. The first-order valence-electron chi connectivity index (χ1n) is 5.18. The number of carboxylic acids is 1. The van der Waals surface area contributed by atoms with E-state index in [9.17, 15) is 9.59 Å². The third-order valence-corrected chi connectivity index (χ3v) is 1.99. The lowest BCUT2D eigenvalue weighted by Crippen LogP contribution is -2.46. The van der Waals surface area contributed by atoms with Crippen LogP contribution < -0.4 is 5.32 Å². The topological polar surface area (TPSA) is 66.4 Å². The molecule has 0 fully saturated rings. The van der Waals surface area contributed by atoms with Crippen LogP contribution in [0.5, 0.6) is 0 Å². The summed E-state index contributed by atoms with van der Waals surface area (Å²) in [4.78, 5) is 22.5. The van der Waals surface area contributed by atoms with Crippen molar-refractivity contribution in [1.82, 2.24) is 5.32 Å². The number of carbonyl (C=O) groups is 2. The molecule has 0 rings (SSSR count). The lowest BCUT2D eigenvalue weighted by atomic mass is 9.94. The molecule has 0 heterocycles. The van der Waals surface area contributed by atoms with Crippen molar-refractivity contribution in [3.05, 3.63) is 0 Å². The van der Waals surface area contributed by atoms with E-state index >= 15 is 0 Å². The molecule has 88 valence electrons. The van der Waals surface area contributed by atoms with Crippen molar-refractivity contribution in [3.8, 4) is 0 Å². The van der Waals surface area contributed by atoms with Crippen LogP contribution in [0.4, 0.5) is 0 Å². The van der Waals surface area contributed by atoms with Crippen LogP contribution in [0.2, 0.25) is 0 Å². The number of nitrogens with one attached hydrogen (secondary N) is 1. The molecule has 15 heavy (non-hydrogen) atoms. The van der Waals surface area contributed by atoms with E-state index in [0.717, 1.165) is 0 Å². The number of carboxylic acid groups (broad SMARTS) is 1. The van der Waals surface area contributed by atoms with E-state index in [2.05, 4.69) is 5.32 Å². The zero-order valence-corrected chi connectivity index (χ0v) is 10.1. The maximum Gasteiger partial charge on any atom is 0.326 e. The fraction of sp³-hybridized carbons (Fsp3) is 0.818. The van der Waals surface area contributed by atoms with Crippen LogP contribution in [0, 0.1) is 11.3 Å². The fourth-order valence-corrected chi connectivity index (χ4v) is 1.07. The predicted octanol–water partition coefficient (Wildman–Crippen LogP) is 1.65. The first-order valence-corrected chi connectivity index (χ1v) is 5.18. The standard InChI is InChI=1S/C11H21NO3/c1-7(2)6-8(9(13)14)12-10(15)11(3,4)5/h7-8H,6H2,1-5H3,(H,12,15)(H,13,14). The van der Waals surface area contributed by atoms with Gasteiger partial charge >= 0.3 is 5.97 Å². The largest absolute Gasteiger partial charge is 0.480 e. The van der Waals surface area contributed by atoms with Gasteiger partial charge in [0.05, 0.1) is 0 Å². The molecule has 0 aromatic rings. The molecule has 1 unspecified atom stereocenters. The summed E-state index contributed by atoms with van der Waals surface area (Å²) >= 11 is 0. The molecule has 0 aliphatic rings. The van der Waals surface area contributed by atoms with Crippen molar-refractivity contribution < 1.29 is 14.7 Å². The van der Waals surface area contributed by atoms with E-state index in [1.165, 1.54) is 0 Å². The summed E-state index contributed by atoms with van der Waals surface area (Å²) in [5.41, 5.74) is -0.551. The Hall–Kier alpha value is -1.06. The third-order valence-electron chi connectivity index (χ3n) is 1.99. The molecule has 4 heteroatoms. The van der Waals surface area contributed by atoms with Gasteiger partial charge in [-0.05, 0) is 12.3 Å². The van der Waals surface area contributed by atoms with E-state index in [0.29, 0.717) is 6.42 Å². The molecular weight excluding hydrogens is 194 g/mol. The number of hydrogen-bond donors (Lipinski definition) is 2. The quantitative estimate of drug-likeness (QED) is 0.749. The van der Waals surface area contributed by atoms with Crippen LogP contribution in [0.15, 0.2) is 0 Å². The van der Waals surface area contributed by atoms with Gasteiger partial charge in [0.2, 0.25) is 5.91 Å². The van der Waals surface area contributed by atoms with Gasteiger partial charge in [0, 0.05) is 5.41 Å². The second-order valence-electron chi connectivity index (χ2n) is 5.24. The minimum Gasteiger partial charge on any atom is -0.480 e. The molecule has 1 atom stereocenters. The Morgan fingerprint density at radius 1 is 1.27 bits per heavy atom. The number of hydrogen-bond acceptors (Lipinski definition) is 2. The van der Waals surface area contributed by atoms with Crippen LogP contribution in [-0.4, -0.2) is 23.0 Å². The zero-order chi connectivity index (χ0) is 12.2. The summed E-state index contributed by atoms with van der Waals surface area (Å²) in [6, 6.07) is -0.781. The normalized spacial score (nSPS) is 13.7. The van der Waals surface area contributed by atoms with Crippen molar-refractivity contribution in [2.45, 2.75) is 47.1 Å². The monoisotopic (exact) mass is 215 g/mol. The molecule has 0 spiro atoms. The molecule has 4 nitrogen and oxygen atoms in total. The minimum atomic E-state index is -0.971. The van der Waals surface area contributed by atoms with Crippen LogP contribution >= 0.6 is 0 Å².